The average molecular weight is 564 g/mol. The first kappa shape index (κ1) is 27.0. The van der Waals surface area contributed by atoms with E-state index in [4.69, 9.17) is 27.9 Å². The van der Waals surface area contributed by atoms with Crippen molar-refractivity contribution in [2.45, 2.75) is 13.1 Å². The zero-order valence-electron chi connectivity index (χ0n) is 19.5. The molecular weight excluding hydrogens is 546 g/mol. The Morgan fingerprint density at radius 1 is 0.947 bits per heavy atom. The van der Waals surface area contributed by atoms with Gasteiger partial charge in [-0.3, -0.25) is 14.4 Å². The van der Waals surface area contributed by atoms with Gasteiger partial charge in [0, 0.05) is 11.3 Å². The summed E-state index contributed by atoms with van der Waals surface area (Å²) in [5, 5.41) is 4.76. The first-order valence-corrected chi connectivity index (χ1v) is 11.8. The number of amides is 3. The minimum Gasteiger partial charge on any atom is -0.494 e. The minimum atomic E-state index is -4.60. The maximum atomic E-state index is 13.0. The summed E-state index contributed by atoms with van der Waals surface area (Å²) in [6, 6.07) is 14.6. The summed E-state index contributed by atoms with van der Waals surface area (Å²) in [6.45, 7) is 2.29. The average Bonchev–Trinajstić information content (AvgIpc) is 3.09. The van der Waals surface area contributed by atoms with E-state index in [-0.39, 0.29) is 27.0 Å². The molecule has 1 aliphatic heterocycles. The quantitative estimate of drug-likeness (QED) is 0.323. The fraction of sp³-hybridized carbons (Fsp3) is 0.115. The highest BCUT2D eigenvalue weighted by Gasteiger charge is 2.39. The molecule has 1 heterocycles. The second kappa shape index (κ2) is 10.8. The van der Waals surface area contributed by atoms with E-state index in [1.54, 1.807) is 24.3 Å². The molecule has 7 nitrogen and oxygen atoms in total. The molecule has 12 heteroatoms. The molecule has 2 N–H and O–H groups in total. The van der Waals surface area contributed by atoms with Crippen LogP contribution in [0, 0.1) is 0 Å². The number of carbonyl (C=O) groups excluding carboxylic acids is 3. The zero-order chi connectivity index (χ0) is 27.6. The highest BCUT2D eigenvalue weighted by molar-refractivity contribution is 6.53. The van der Waals surface area contributed by atoms with Gasteiger partial charge < -0.3 is 15.4 Å². The fourth-order valence-electron chi connectivity index (χ4n) is 3.55. The van der Waals surface area contributed by atoms with Crippen molar-refractivity contribution in [2.24, 2.45) is 0 Å². The highest BCUT2D eigenvalue weighted by Crippen LogP contribution is 2.34. The number of anilines is 3. The predicted molar refractivity (Wildman–Crippen MR) is 137 cm³/mol. The number of rotatable bonds is 7. The number of carbonyl (C=O) groups is 3. The van der Waals surface area contributed by atoms with Crippen molar-refractivity contribution >= 4 is 58.0 Å². The molecule has 0 aliphatic carbocycles. The molecule has 38 heavy (non-hydrogen) atoms. The summed E-state index contributed by atoms with van der Waals surface area (Å²) >= 11 is 12.1. The number of ether oxygens (including phenoxy) is 1. The third kappa shape index (κ3) is 5.61. The Bertz CT molecular complexity index is 1440. The number of imide groups is 1. The van der Waals surface area contributed by atoms with Crippen molar-refractivity contribution in [1.82, 2.24) is 0 Å². The molecule has 0 saturated carbocycles. The SMILES string of the molecule is CCOc1ccc(N2C(=O)C(Cl)=C(Nc3ccc(C(=O)Nc4cc(C(F)(F)F)ccc4Cl)cc3)C2=O)cc1. The van der Waals surface area contributed by atoms with E-state index in [0.29, 0.717) is 23.7 Å². The van der Waals surface area contributed by atoms with E-state index in [0.717, 1.165) is 23.1 Å². The van der Waals surface area contributed by atoms with E-state index >= 15 is 0 Å². The molecule has 0 saturated heterocycles. The van der Waals surface area contributed by atoms with Crippen LogP contribution < -0.4 is 20.3 Å². The smallest absolute Gasteiger partial charge is 0.416 e. The molecule has 0 aromatic heterocycles. The van der Waals surface area contributed by atoms with Crippen molar-refractivity contribution in [3.63, 3.8) is 0 Å². The zero-order valence-corrected chi connectivity index (χ0v) is 21.0. The lowest BCUT2D eigenvalue weighted by atomic mass is 10.1. The van der Waals surface area contributed by atoms with Gasteiger partial charge in [0.05, 0.1) is 28.6 Å². The topological polar surface area (TPSA) is 87.7 Å². The lowest BCUT2D eigenvalue weighted by Crippen LogP contribution is -2.32. The van der Waals surface area contributed by atoms with E-state index in [9.17, 15) is 27.6 Å². The van der Waals surface area contributed by atoms with E-state index in [1.807, 2.05) is 6.92 Å². The predicted octanol–water partition coefficient (Wildman–Crippen LogP) is 6.45. The summed E-state index contributed by atoms with van der Waals surface area (Å²) in [4.78, 5) is 39.1. The van der Waals surface area contributed by atoms with Gasteiger partial charge in [0.25, 0.3) is 17.7 Å². The standard InChI is InChI=1S/C26H18Cl2F3N3O4/c1-2-38-18-10-8-17(9-11-18)34-24(36)21(28)22(25(34)37)32-16-6-3-14(4-7-16)23(35)33-20-13-15(26(29,30)31)5-12-19(20)27/h3-13,32H,2H2,1H3,(H,33,35). The largest absolute Gasteiger partial charge is 0.494 e. The molecular formula is C26H18Cl2F3N3O4. The van der Waals surface area contributed by atoms with Crippen molar-refractivity contribution in [3.05, 3.63) is 93.6 Å². The monoisotopic (exact) mass is 563 g/mol. The molecule has 0 atom stereocenters. The van der Waals surface area contributed by atoms with Gasteiger partial charge in [-0.05, 0) is 73.7 Å². The van der Waals surface area contributed by atoms with Crippen LogP contribution in [0.15, 0.2) is 77.5 Å². The lowest BCUT2D eigenvalue weighted by molar-refractivity contribution is -0.137. The highest BCUT2D eigenvalue weighted by atomic mass is 35.5. The minimum absolute atomic E-state index is 0.0623. The molecule has 0 spiro atoms. The van der Waals surface area contributed by atoms with Crippen LogP contribution in [-0.2, 0) is 15.8 Å². The number of benzene rings is 3. The third-order valence-corrected chi connectivity index (χ3v) is 6.07. The second-order valence-electron chi connectivity index (χ2n) is 7.91. The van der Waals surface area contributed by atoms with E-state index < -0.39 is 29.5 Å². The fourth-order valence-corrected chi connectivity index (χ4v) is 3.92. The molecule has 0 bridgehead atoms. The number of nitrogens with one attached hydrogen (secondary N) is 2. The van der Waals surface area contributed by atoms with Gasteiger partial charge in [0.1, 0.15) is 16.5 Å². The van der Waals surface area contributed by atoms with Gasteiger partial charge in [-0.15, -0.1) is 0 Å². The van der Waals surface area contributed by atoms with Crippen LogP contribution in [0.3, 0.4) is 0 Å². The first-order valence-electron chi connectivity index (χ1n) is 11.1. The van der Waals surface area contributed by atoms with Crippen LogP contribution in [0.25, 0.3) is 0 Å². The summed E-state index contributed by atoms with van der Waals surface area (Å²) in [6.07, 6.45) is -4.60. The number of alkyl halides is 3. The van der Waals surface area contributed by atoms with Crippen LogP contribution in [-0.4, -0.2) is 24.3 Å². The summed E-state index contributed by atoms with van der Waals surface area (Å²) in [7, 11) is 0. The Morgan fingerprint density at radius 3 is 2.21 bits per heavy atom. The Balaban J connectivity index is 1.47. The molecule has 0 unspecified atom stereocenters. The number of hydrogen-bond acceptors (Lipinski definition) is 5. The van der Waals surface area contributed by atoms with Crippen LogP contribution in [0.2, 0.25) is 5.02 Å². The third-order valence-electron chi connectivity index (χ3n) is 5.39. The normalized spacial score (nSPS) is 13.7. The van der Waals surface area contributed by atoms with Crippen LogP contribution in [0.5, 0.6) is 5.75 Å². The summed E-state index contributed by atoms with van der Waals surface area (Å²) < 4.78 is 44.3. The van der Waals surface area contributed by atoms with E-state index in [1.165, 1.54) is 24.3 Å². The second-order valence-corrected chi connectivity index (χ2v) is 8.70. The van der Waals surface area contributed by atoms with Crippen molar-refractivity contribution in [1.29, 1.82) is 0 Å². The molecule has 4 rings (SSSR count). The number of nitrogens with zero attached hydrogens (tertiary/aromatic N) is 1. The molecule has 1 aliphatic rings. The Hall–Kier alpha value is -4.02. The molecule has 196 valence electrons. The van der Waals surface area contributed by atoms with Gasteiger partial charge in [0.2, 0.25) is 0 Å². The number of halogens is 5. The maximum Gasteiger partial charge on any atom is 0.416 e. The number of hydrogen-bond donors (Lipinski definition) is 2. The van der Waals surface area contributed by atoms with Gasteiger partial charge in [-0.25, -0.2) is 4.90 Å². The first-order chi connectivity index (χ1) is 18.0. The lowest BCUT2D eigenvalue weighted by Gasteiger charge is -2.16. The van der Waals surface area contributed by atoms with Crippen LogP contribution in [0.4, 0.5) is 30.2 Å². The van der Waals surface area contributed by atoms with Crippen molar-refractivity contribution < 1.29 is 32.3 Å². The molecule has 0 fully saturated rings. The maximum absolute atomic E-state index is 13.0. The van der Waals surface area contributed by atoms with Gasteiger partial charge in [-0.2, -0.15) is 13.2 Å². The Kier molecular flexibility index (Phi) is 7.66. The van der Waals surface area contributed by atoms with Crippen molar-refractivity contribution in [3.8, 4) is 5.75 Å². The molecule has 0 radical (unpaired) electrons. The molecule has 3 aromatic carbocycles. The Morgan fingerprint density at radius 2 is 1.61 bits per heavy atom. The van der Waals surface area contributed by atoms with Gasteiger partial charge in [-0.1, -0.05) is 23.2 Å². The van der Waals surface area contributed by atoms with E-state index in [2.05, 4.69) is 10.6 Å². The van der Waals surface area contributed by atoms with Crippen LogP contribution in [0.1, 0.15) is 22.8 Å². The molecule has 3 aromatic rings. The summed E-state index contributed by atoms with van der Waals surface area (Å²) in [5.41, 5.74) is -0.570. The van der Waals surface area contributed by atoms with Gasteiger partial charge in [0.15, 0.2) is 0 Å². The van der Waals surface area contributed by atoms with Crippen molar-refractivity contribution in [2.75, 3.05) is 22.1 Å². The van der Waals surface area contributed by atoms with Gasteiger partial charge >= 0.3 is 6.18 Å². The molecule has 3 amide bonds. The summed E-state index contributed by atoms with van der Waals surface area (Å²) in [5.74, 6) is -1.52. The Labute approximate surface area is 224 Å². The van der Waals surface area contributed by atoms with Crippen LogP contribution >= 0.6 is 23.2 Å².